The van der Waals surface area contributed by atoms with Crippen molar-refractivity contribution in [3.8, 4) is 0 Å². The second-order valence-corrected chi connectivity index (χ2v) is 5.61. The van der Waals surface area contributed by atoms with Crippen LogP contribution in [0.5, 0.6) is 0 Å². The molecule has 0 aliphatic carbocycles. The van der Waals surface area contributed by atoms with Gasteiger partial charge >= 0.3 is 0 Å². The van der Waals surface area contributed by atoms with Gasteiger partial charge in [0.25, 0.3) is 0 Å². The van der Waals surface area contributed by atoms with Crippen molar-refractivity contribution in [2.75, 3.05) is 13.1 Å². The predicted molar refractivity (Wildman–Crippen MR) is 64.1 cm³/mol. The average Bonchev–Trinajstić information content (AvgIpc) is 2.18. The van der Waals surface area contributed by atoms with Crippen LogP contribution in [0.3, 0.4) is 0 Å². The maximum absolute atomic E-state index is 11.8. The van der Waals surface area contributed by atoms with Gasteiger partial charge in [-0.25, -0.2) is 0 Å². The summed E-state index contributed by atoms with van der Waals surface area (Å²) in [7, 11) is 0. The summed E-state index contributed by atoms with van der Waals surface area (Å²) < 4.78 is 0. The first-order valence-corrected chi connectivity index (χ1v) is 6.36. The van der Waals surface area contributed by atoms with Crippen LogP contribution in [-0.2, 0) is 4.79 Å². The van der Waals surface area contributed by atoms with Gasteiger partial charge in [-0.3, -0.25) is 4.79 Å². The Kier molecular flexibility index (Phi) is 4.91. The third kappa shape index (κ3) is 4.02. The topological polar surface area (TPSA) is 20.3 Å². The highest BCUT2D eigenvalue weighted by Gasteiger charge is 2.26. The lowest BCUT2D eigenvalue weighted by atomic mass is 9.98. The minimum atomic E-state index is 0.249. The van der Waals surface area contributed by atoms with E-state index in [0.29, 0.717) is 24.2 Å². The van der Waals surface area contributed by atoms with E-state index < -0.39 is 0 Å². The molecule has 2 unspecified atom stereocenters. The first-order valence-electron chi connectivity index (χ1n) is 5.92. The summed E-state index contributed by atoms with van der Waals surface area (Å²) in [5, 5.41) is 0.249. The number of hydrogen-bond donors (Lipinski definition) is 0. The Balaban J connectivity index is 2.34. The molecular formula is C12H22ClNO. The molecule has 1 aliphatic heterocycles. The highest BCUT2D eigenvalue weighted by atomic mass is 35.5. The van der Waals surface area contributed by atoms with Crippen LogP contribution in [0.4, 0.5) is 0 Å². The Morgan fingerprint density at radius 3 is 2.73 bits per heavy atom. The van der Waals surface area contributed by atoms with Crippen molar-refractivity contribution in [1.82, 2.24) is 4.90 Å². The molecule has 2 atom stereocenters. The molecule has 0 aromatic carbocycles. The number of hydrogen-bond acceptors (Lipinski definition) is 1. The van der Waals surface area contributed by atoms with Crippen LogP contribution in [0.2, 0.25) is 0 Å². The normalized spacial score (nSPS) is 27.1. The van der Waals surface area contributed by atoms with Gasteiger partial charge in [-0.2, -0.15) is 0 Å². The Morgan fingerprint density at radius 1 is 1.53 bits per heavy atom. The molecule has 1 saturated heterocycles. The average molecular weight is 232 g/mol. The molecule has 0 N–H and O–H groups in total. The van der Waals surface area contributed by atoms with Gasteiger partial charge in [-0.15, -0.1) is 11.6 Å². The number of halogens is 1. The summed E-state index contributed by atoms with van der Waals surface area (Å²) in [6, 6.07) is 0. The highest BCUT2D eigenvalue weighted by Crippen LogP contribution is 2.22. The van der Waals surface area contributed by atoms with Crippen LogP contribution >= 0.6 is 11.6 Å². The Hall–Kier alpha value is -0.240. The summed E-state index contributed by atoms with van der Waals surface area (Å²) in [4.78, 5) is 13.8. The third-order valence-corrected chi connectivity index (χ3v) is 3.74. The van der Waals surface area contributed by atoms with Crippen LogP contribution in [-0.4, -0.2) is 29.3 Å². The fraction of sp³-hybridized carbons (Fsp3) is 0.917. The van der Waals surface area contributed by atoms with Gasteiger partial charge in [0.15, 0.2) is 0 Å². The van der Waals surface area contributed by atoms with E-state index in [2.05, 4.69) is 20.8 Å². The zero-order valence-electron chi connectivity index (χ0n) is 10.0. The zero-order chi connectivity index (χ0) is 11.4. The zero-order valence-corrected chi connectivity index (χ0v) is 10.8. The van der Waals surface area contributed by atoms with Crippen molar-refractivity contribution < 1.29 is 4.79 Å². The summed E-state index contributed by atoms with van der Waals surface area (Å²) in [5.41, 5.74) is 0. The second kappa shape index (κ2) is 5.74. The fourth-order valence-corrected chi connectivity index (χ4v) is 2.09. The number of carbonyl (C=O) groups excluding carboxylic acids is 1. The van der Waals surface area contributed by atoms with Crippen LogP contribution in [0.25, 0.3) is 0 Å². The van der Waals surface area contributed by atoms with E-state index in [0.717, 1.165) is 25.9 Å². The molecule has 0 bridgehead atoms. The molecule has 0 aromatic rings. The molecular weight excluding hydrogens is 210 g/mol. The number of likely N-dealkylation sites (tertiary alicyclic amines) is 1. The molecule has 0 saturated carbocycles. The van der Waals surface area contributed by atoms with E-state index in [1.807, 2.05) is 4.90 Å². The van der Waals surface area contributed by atoms with Crippen molar-refractivity contribution in [3.63, 3.8) is 0 Å². The molecule has 1 fully saturated rings. The van der Waals surface area contributed by atoms with Gasteiger partial charge in [0.2, 0.25) is 5.91 Å². The maximum atomic E-state index is 11.8. The summed E-state index contributed by atoms with van der Waals surface area (Å²) >= 11 is 6.13. The standard InChI is InChI=1S/C12H22ClNO/c1-9(2)4-5-12(15)14-7-6-11(13)10(3)8-14/h9-11H,4-8H2,1-3H3. The highest BCUT2D eigenvalue weighted by molar-refractivity contribution is 6.20. The van der Waals surface area contributed by atoms with Crippen LogP contribution in [0.1, 0.15) is 40.0 Å². The largest absolute Gasteiger partial charge is 0.342 e. The Morgan fingerprint density at radius 2 is 2.20 bits per heavy atom. The maximum Gasteiger partial charge on any atom is 0.222 e. The minimum absolute atomic E-state index is 0.249. The summed E-state index contributed by atoms with van der Waals surface area (Å²) in [6.45, 7) is 8.11. The van der Waals surface area contributed by atoms with Crippen molar-refractivity contribution in [2.24, 2.45) is 11.8 Å². The van der Waals surface area contributed by atoms with E-state index in [9.17, 15) is 4.79 Å². The molecule has 0 aromatic heterocycles. The molecule has 1 aliphatic rings. The number of amides is 1. The van der Waals surface area contributed by atoms with Crippen molar-refractivity contribution in [2.45, 2.75) is 45.4 Å². The molecule has 2 nitrogen and oxygen atoms in total. The second-order valence-electron chi connectivity index (χ2n) is 5.05. The molecule has 0 radical (unpaired) electrons. The van der Waals surface area contributed by atoms with Gasteiger partial charge in [-0.1, -0.05) is 20.8 Å². The van der Waals surface area contributed by atoms with E-state index in [-0.39, 0.29) is 5.38 Å². The molecule has 3 heteroatoms. The number of alkyl halides is 1. The Bertz CT molecular complexity index is 218. The lowest BCUT2D eigenvalue weighted by molar-refractivity contribution is -0.133. The lowest BCUT2D eigenvalue weighted by Crippen LogP contribution is -2.43. The van der Waals surface area contributed by atoms with Gasteiger partial charge in [-0.05, 0) is 24.7 Å². The van der Waals surface area contributed by atoms with E-state index in [1.54, 1.807) is 0 Å². The first kappa shape index (κ1) is 12.8. The van der Waals surface area contributed by atoms with Gasteiger partial charge in [0.05, 0.1) is 0 Å². The van der Waals surface area contributed by atoms with Gasteiger partial charge in [0, 0.05) is 24.9 Å². The SMILES string of the molecule is CC(C)CCC(=O)N1CCC(Cl)C(C)C1. The number of piperidine rings is 1. The van der Waals surface area contributed by atoms with Crippen LogP contribution in [0.15, 0.2) is 0 Å². The molecule has 1 heterocycles. The number of nitrogens with zero attached hydrogens (tertiary/aromatic N) is 1. The molecule has 0 spiro atoms. The molecule has 1 rings (SSSR count). The third-order valence-electron chi connectivity index (χ3n) is 3.09. The molecule has 1 amide bonds. The number of rotatable bonds is 3. The van der Waals surface area contributed by atoms with Crippen LogP contribution in [0, 0.1) is 11.8 Å². The van der Waals surface area contributed by atoms with Crippen molar-refractivity contribution >= 4 is 17.5 Å². The number of carbonyl (C=O) groups is 1. The fourth-order valence-electron chi connectivity index (χ4n) is 1.91. The predicted octanol–water partition coefficient (Wildman–Crippen LogP) is 2.90. The van der Waals surface area contributed by atoms with Gasteiger partial charge < -0.3 is 4.90 Å². The van der Waals surface area contributed by atoms with Crippen molar-refractivity contribution in [3.05, 3.63) is 0 Å². The van der Waals surface area contributed by atoms with Gasteiger partial charge in [0.1, 0.15) is 0 Å². The Labute approximate surface area is 98.0 Å². The quantitative estimate of drug-likeness (QED) is 0.684. The van der Waals surface area contributed by atoms with Crippen LogP contribution < -0.4 is 0 Å². The minimum Gasteiger partial charge on any atom is -0.342 e. The summed E-state index contributed by atoms with van der Waals surface area (Å²) in [6.07, 6.45) is 2.63. The smallest absolute Gasteiger partial charge is 0.222 e. The summed E-state index contributed by atoms with van der Waals surface area (Å²) in [5.74, 6) is 1.35. The lowest BCUT2D eigenvalue weighted by Gasteiger charge is -2.34. The molecule has 88 valence electrons. The van der Waals surface area contributed by atoms with Crippen molar-refractivity contribution in [1.29, 1.82) is 0 Å². The van der Waals surface area contributed by atoms with E-state index >= 15 is 0 Å². The monoisotopic (exact) mass is 231 g/mol. The molecule has 15 heavy (non-hydrogen) atoms. The van der Waals surface area contributed by atoms with E-state index in [4.69, 9.17) is 11.6 Å². The first-order chi connectivity index (χ1) is 7.00. The van der Waals surface area contributed by atoms with E-state index in [1.165, 1.54) is 0 Å².